The molecule has 0 saturated carbocycles. The molecule has 2 aromatic rings. The number of aromatic nitrogens is 2. The van der Waals surface area contributed by atoms with Crippen molar-refractivity contribution in [1.29, 1.82) is 0 Å². The summed E-state index contributed by atoms with van der Waals surface area (Å²) in [6.45, 7) is 0. The fourth-order valence-corrected chi connectivity index (χ4v) is 1.39. The lowest BCUT2D eigenvalue weighted by molar-refractivity contribution is -0.136. The Bertz CT molecular complexity index is 470. The molecule has 0 spiro atoms. The van der Waals surface area contributed by atoms with Gasteiger partial charge in [-0.15, -0.1) is 0 Å². The van der Waals surface area contributed by atoms with Gasteiger partial charge >= 0.3 is 6.18 Å². The number of nitrogens with zero attached hydrogens (tertiary/aromatic N) is 2. The van der Waals surface area contributed by atoms with Gasteiger partial charge in [0.2, 0.25) is 0 Å². The normalized spacial score (nSPS) is 12.3. The molecular formula is C9H7F3N2. The molecule has 74 valence electrons. The van der Waals surface area contributed by atoms with Crippen LogP contribution >= 0.6 is 0 Å². The number of alkyl halides is 3. The second-order valence-corrected chi connectivity index (χ2v) is 3.04. The predicted octanol–water partition coefficient (Wildman–Crippen LogP) is 2.59. The fourth-order valence-electron chi connectivity index (χ4n) is 1.39. The molecule has 14 heavy (non-hydrogen) atoms. The Morgan fingerprint density at radius 3 is 2.64 bits per heavy atom. The van der Waals surface area contributed by atoms with Gasteiger partial charge in [0.05, 0.1) is 5.56 Å². The van der Waals surface area contributed by atoms with Gasteiger partial charge in [-0.05, 0) is 6.07 Å². The molecule has 1 aromatic heterocycles. The van der Waals surface area contributed by atoms with Crippen molar-refractivity contribution < 1.29 is 13.2 Å². The molecule has 0 unspecified atom stereocenters. The van der Waals surface area contributed by atoms with Crippen LogP contribution in [0.15, 0.2) is 24.4 Å². The van der Waals surface area contributed by atoms with Crippen molar-refractivity contribution in [3.05, 3.63) is 30.0 Å². The molecule has 2 nitrogen and oxygen atoms in total. The van der Waals surface area contributed by atoms with Gasteiger partial charge in [-0.1, -0.05) is 12.1 Å². The van der Waals surface area contributed by atoms with Crippen LogP contribution < -0.4 is 0 Å². The molecule has 0 radical (unpaired) electrons. The summed E-state index contributed by atoms with van der Waals surface area (Å²) in [7, 11) is 1.60. The molecule has 0 fully saturated rings. The minimum Gasteiger partial charge on any atom is -0.275 e. The number of aryl methyl sites for hydroxylation is 1. The fraction of sp³-hybridized carbons (Fsp3) is 0.222. The molecule has 2 rings (SSSR count). The van der Waals surface area contributed by atoms with E-state index in [1.54, 1.807) is 19.3 Å². The Hall–Kier alpha value is -1.52. The first-order valence-electron chi connectivity index (χ1n) is 3.98. The summed E-state index contributed by atoms with van der Waals surface area (Å²) in [4.78, 5) is 0. The van der Waals surface area contributed by atoms with Gasteiger partial charge in [-0.3, -0.25) is 4.68 Å². The summed E-state index contributed by atoms with van der Waals surface area (Å²) in [5.74, 6) is 0. The summed E-state index contributed by atoms with van der Waals surface area (Å²) in [6.07, 6.45) is -2.78. The van der Waals surface area contributed by atoms with Crippen LogP contribution in [0.3, 0.4) is 0 Å². The lowest BCUT2D eigenvalue weighted by Gasteiger charge is -2.05. The van der Waals surface area contributed by atoms with E-state index < -0.39 is 11.7 Å². The summed E-state index contributed by atoms with van der Waals surface area (Å²) >= 11 is 0. The number of hydrogen-bond donors (Lipinski definition) is 0. The Morgan fingerprint density at radius 1 is 1.29 bits per heavy atom. The topological polar surface area (TPSA) is 17.8 Å². The van der Waals surface area contributed by atoms with E-state index in [0.717, 1.165) is 6.07 Å². The Balaban J connectivity index is 2.77. The first kappa shape index (κ1) is 9.05. The van der Waals surface area contributed by atoms with Gasteiger partial charge in [0, 0.05) is 18.6 Å². The van der Waals surface area contributed by atoms with Crippen molar-refractivity contribution in [3.8, 4) is 0 Å². The van der Waals surface area contributed by atoms with Crippen LogP contribution in [0.1, 0.15) is 5.56 Å². The zero-order valence-electron chi connectivity index (χ0n) is 7.34. The lowest BCUT2D eigenvalue weighted by atomic mass is 10.1. The largest absolute Gasteiger partial charge is 0.418 e. The molecule has 0 aliphatic rings. The monoisotopic (exact) mass is 200 g/mol. The molecule has 5 heteroatoms. The van der Waals surface area contributed by atoms with Crippen LogP contribution in [0, 0.1) is 0 Å². The van der Waals surface area contributed by atoms with E-state index in [1.165, 1.54) is 10.7 Å². The van der Waals surface area contributed by atoms with Gasteiger partial charge in [0.25, 0.3) is 0 Å². The summed E-state index contributed by atoms with van der Waals surface area (Å²) in [6, 6.07) is 4.03. The van der Waals surface area contributed by atoms with Gasteiger partial charge in [0.1, 0.15) is 5.52 Å². The predicted molar refractivity (Wildman–Crippen MR) is 45.7 cm³/mol. The number of rotatable bonds is 0. The molecule has 0 N–H and O–H groups in total. The minimum atomic E-state index is -4.34. The lowest BCUT2D eigenvalue weighted by Crippen LogP contribution is -2.05. The van der Waals surface area contributed by atoms with E-state index in [2.05, 4.69) is 5.10 Å². The van der Waals surface area contributed by atoms with E-state index >= 15 is 0 Å². The third-order valence-corrected chi connectivity index (χ3v) is 1.96. The quantitative estimate of drug-likeness (QED) is 0.639. The smallest absolute Gasteiger partial charge is 0.275 e. The summed E-state index contributed by atoms with van der Waals surface area (Å²) in [5, 5.41) is 4.28. The number of fused-ring (bicyclic) bond motifs is 1. The molecule has 0 amide bonds. The van der Waals surface area contributed by atoms with Crippen molar-refractivity contribution in [2.75, 3.05) is 0 Å². The maximum atomic E-state index is 12.5. The summed E-state index contributed by atoms with van der Waals surface area (Å²) < 4.78 is 38.8. The Kier molecular flexibility index (Phi) is 1.77. The van der Waals surface area contributed by atoms with Crippen molar-refractivity contribution in [2.24, 2.45) is 7.05 Å². The van der Waals surface area contributed by atoms with Gasteiger partial charge in [-0.25, -0.2) is 0 Å². The van der Waals surface area contributed by atoms with E-state index in [1.807, 2.05) is 0 Å². The van der Waals surface area contributed by atoms with Crippen molar-refractivity contribution >= 4 is 10.9 Å². The number of benzene rings is 1. The van der Waals surface area contributed by atoms with Crippen molar-refractivity contribution in [3.63, 3.8) is 0 Å². The first-order chi connectivity index (χ1) is 6.48. The average Bonchev–Trinajstić information content (AvgIpc) is 2.41. The molecule has 0 atom stereocenters. The number of hydrogen-bond acceptors (Lipinski definition) is 1. The van der Waals surface area contributed by atoms with Crippen LogP contribution in [0.2, 0.25) is 0 Å². The zero-order valence-corrected chi connectivity index (χ0v) is 7.34. The maximum absolute atomic E-state index is 12.5. The molecular weight excluding hydrogens is 193 g/mol. The van der Waals surface area contributed by atoms with Gasteiger partial charge in [0.15, 0.2) is 0 Å². The van der Waals surface area contributed by atoms with Crippen LogP contribution in [0.5, 0.6) is 0 Å². The van der Waals surface area contributed by atoms with Crippen molar-refractivity contribution in [1.82, 2.24) is 9.78 Å². The van der Waals surface area contributed by atoms with Crippen LogP contribution in [-0.2, 0) is 13.2 Å². The highest BCUT2D eigenvalue weighted by molar-refractivity contribution is 5.81. The minimum absolute atomic E-state index is 0.00231. The SMILES string of the molecule is Cn1cc2cccc(C(F)(F)F)c2n1. The second-order valence-electron chi connectivity index (χ2n) is 3.04. The summed E-state index contributed by atoms with van der Waals surface area (Å²) in [5.41, 5.74) is -0.682. The highest BCUT2D eigenvalue weighted by Gasteiger charge is 2.33. The van der Waals surface area contributed by atoms with Crippen molar-refractivity contribution in [2.45, 2.75) is 6.18 Å². The van der Waals surface area contributed by atoms with Crippen LogP contribution in [0.25, 0.3) is 10.9 Å². The van der Waals surface area contributed by atoms with E-state index in [9.17, 15) is 13.2 Å². The molecule has 1 heterocycles. The molecule has 1 aromatic carbocycles. The van der Waals surface area contributed by atoms with Gasteiger partial charge < -0.3 is 0 Å². The van der Waals surface area contributed by atoms with E-state index in [-0.39, 0.29) is 5.52 Å². The standard InChI is InChI=1S/C9H7F3N2/c1-14-5-6-3-2-4-7(8(6)13-14)9(10,11)12/h2-5H,1H3. The molecule has 0 bridgehead atoms. The molecule has 0 aliphatic heterocycles. The molecule has 0 aliphatic carbocycles. The Labute approximate surface area is 77.9 Å². The average molecular weight is 200 g/mol. The Morgan fingerprint density at radius 2 is 2.00 bits per heavy atom. The third kappa shape index (κ3) is 1.34. The highest BCUT2D eigenvalue weighted by atomic mass is 19.4. The number of halogens is 3. The van der Waals surface area contributed by atoms with E-state index in [4.69, 9.17) is 0 Å². The third-order valence-electron chi connectivity index (χ3n) is 1.96. The maximum Gasteiger partial charge on any atom is 0.418 e. The highest BCUT2D eigenvalue weighted by Crippen LogP contribution is 2.33. The van der Waals surface area contributed by atoms with E-state index in [0.29, 0.717) is 5.39 Å². The second kappa shape index (κ2) is 2.73. The van der Waals surface area contributed by atoms with Crippen LogP contribution in [0.4, 0.5) is 13.2 Å². The van der Waals surface area contributed by atoms with Crippen LogP contribution in [-0.4, -0.2) is 9.78 Å². The van der Waals surface area contributed by atoms with Gasteiger partial charge in [-0.2, -0.15) is 18.3 Å². The molecule has 0 saturated heterocycles. The first-order valence-corrected chi connectivity index (χ1v) is 3.98. The zero-order chi connectivity index (χ0) is 10.3.